The standard InChI is InChI=1S/C15H24N2OS/c1-15(2,3)13(16)9-14(18)17(11-6-7-11)10-12-5-4-8-19-12/h4-5,8,11,13H,6-7,9-10,16H2,1-3H3. The summed E-state index contributed by atoms with van der Waals surface area (Å²) in [5.41, 5.74) is 6.12. The minimum atomic E-state index is -0.0791. The van der Waals surface area contributed by atoms with E-state index < -0.39 is 0 Å². The van der Waals surface area contributed by atoms with E-state index in [1.165, 1.54) is 4.88 Å². The van der Waals surface area contributed by atoms with Crippen molar-refractivity contribution in [2.75, 3.05) is 0 Å². The quantitative estimate of drug-likeness (QED) is 0.901. The summed E-state index contributed by atoms with van der Waals surface area (Å²) in [6, 6.07) is 4.50. The van der Waals surface area contributed by atoms with Gasteiger partial charge in [-0.3, -0.25) is 4.79 Å². The van der Waals surface area contributed by atoms with Crippen LogP contribution in [0.4, 0.5) is 0 Å². The van der Waals surface area contributed by atoms with Crippen LogP contribution in [0.3, 0.4) is 0 Å². The maximum absolute atomic E-state index is 12.5. The molecule has 4 heteroatoms. The molecule has 1 amide bonds. The van der Waals surface area contributed by atoms with Crippen LogP contribution >= 0.6 is 11.3 Å². The molecule has 2 rings (SSSR count). The van der Waals surface area contributed by atoms with E-state index in [1.807, 2.05) is 11.0 Å². The summed E-state index contributed by atoms with van der Waals surface area (Å²) < 4.78 is 0. The lowest BCUT2D eigenvalue weighted by Gasteiger charge is -2.29. The fourth-order valence-corrected chi connectivity index (χ4v) is 2.69. The molecule has 0 radical (unpaired) electrons. The summed E-state index contributed by atoms with van der Waals surface area (Å²) in [6.07, 6.45) is 2.73. The van der Waals surface area contributed by atoms with Crippen molar-refractivity contribution in [3.63, 3.8) is 0 Å². The fourth-order valence-electron chi connectivity index (χ4n) is 1.99. The van der Waals surface area contributed by atoms with Gasteiger partial charge in [0.25, 0.3) is 0 Å². The number of carbonyl (C=O) groups is 1. The van der Waals surface area contributed by atoms with Crippen molar-refractivity contribution in [2.45, 2.75) is 58.7 Å². The molecule has 1 aromatic rings. The van der Waals surface area contributed by atoms with Gasteiger partial charge in [-0.05, 0) is 29.7 Å². The minimum absolute atomic E-state index is 0.0200. The first-order valence-corrected chi connectivity index (χ1v) is 7.83. The molecule has 1 saturated carbocycles. The van der Waals surface area contributed by atoms with Crippen molar-refractivity contribution in [3.8, 4) is 0 Å². The summed E-state index contributed by atoms with van der Waals surface area (Å²) in [6.45, 7) is 7.01. The van der Waals surface area contributed by atoms with Gasteiger partial charge in [-0.25, -0.2) is 0 Å². The Morgan fingerprint density at radius 2 is 2.21 bits per heavy atom. The van der Waals surface area contributed by atoms with Gasteiger partial charge >= 0.3 is 0 Å². The molecule has 0 aromatic carbocycles. The van der Waals surface area contributed by atoms with E-state index in [1.54, 1.807) is 11.3 Å². The molecule has 0 saturated heterocycles. The summed E-state index contributed by atoms with van der Waals surface area (Å²) in [5, 5.41) is 2.06. The third kappa shape index (κ3) is 4.05. The summed E-state index contributed by atoms with van der Waals surface area (Å²) >= 11 is 1.71. The molecule has 0 aliphatic heterocycles. The van der Waals surface area contributed by atoms with Crippen LogP contribution in [0.5, 0.6) is 0 Å². The molecule has 1 aromatic heterocycles. The number of thiophene rings is 1. The maximum Gasteiger partial charge on any atom is 0.224 e. The van der Waals surface area contributed by atoms with Gasteiger partial charge in [0.15, 0.2) is 0 Å². The first-order valence-electron chi connectivity index (χ1n) is 6.95. The Morgan fingerprint density at radius 3 is 2.68 bits per heavy atom. The third-order valence-electron chi connectivity index (χ3n) is 3.72. The number of amides is 1. The van der Waals surface area contributed by atoms with E-state index in [0.29, 0.717) is 12.5 Å². The van der Waals surface area contributed by atoms with Gasteiger partial charge in [-0.2, -0.15) is 0 Å². The van der Waals surface area contributed by atoms with Gasteiger partial charge in [0.05, 0.1) is 6.54 Å². The molecule has 1 unspecified atom stereocenters. The normalized spacial score (nSPS) is 17.3. The van der Waals surface area contributed by atoms with Crippen LogP contribution in [0, 0.1) is 5.41 Å². The smallest absolute Gasteiger partial charge is 0.224 e. The molecule has 1 aliphatic rings. The maximum atomic E-state index is 12.5. The van der Waals surface area contributed by atoms with E-state index >= 15 is 0 Å². The first-order chi connectivity index (χ1) is 8.88. The number of nitrogens with two attached hydrogens (primary N) is 1. The van der Waals surface area contributed by atoms with Gasteiger partial charge < -0.3 is 10.6 Å². The number of rotatable bonds is 5. The topological polar surface area (TPSA) is 46.3 Å². The van der Waals surface area contributed by atoms with E-state index in [4.69, 9.17) is 5.73 Å². The zero-order chi connectivity index (χ0) is 14.0. The zero-order valence-electron chi connectivity index (χ0n) is 12.1. The highest BCUT2D eigenvalue weighted by Gasteiger charge is 2.34. The Labute approximate surface area is 119 Å². The Kier molecular flexibility index (Phi) is 4.31. The second kappa shape index (κ2) is 5.63. The van der Waals surface area contributed by atoms with Crippen molar-refractivity contribution < 1.29 is 4.79 Å². The molecule has 2 N–H and O–H groups in total. The molecular formula is C15H24N2OS. The highest BCUT2D eigenvalue weighted by molar-refractivity contribution is 7.09. The molecule has 1 atom stereocenters. The van der Waals surface area contributed by atoms with Crippen molar-refractivity contribution in [1.29, 1.82) is 0 Å². The van der Waals surface area contributed by atoms with Crippen LogP contribution < -0.4 is 5.73 Å². The van der Waals surface area contributed by atoms with E-state index in [0.717, 1.165) is 19.4 Å². The predicted molar refractivity (Wildman–Crippen MR) is 79.9 cm³/mol. The molecule has 1 fully saturated rings. The van der Waals surface area contributed by atoms with Crippen LogP contribution in [-0.4, -0.2) is 22.9 Å². The summed E-state index contributed by atoms with van der Waals surface area (Å²) in [5.74, 6) is 0.207. The lowest BCUT2D eigenvalue weighted by Crippen LogP contribution is -2.42. The number of carbonyl (C=O) groups excluding carboxylic acids is 1. The molecule has 106 valence electrons. The average molecular weight is 280 g/mol. The monoisotopic (exact) mass is 280 g/mol. The van der Waals surface area contributed by atoms with Crippen LogP contribution in [0.15, 0.2) is 17.5 Å². The van der Waals surface area contributed by atoms with E-state index in [2.05, 4.69) is 32.2 Å². The van der Waals surface area contributed by atoms with Gasteiger partial charge in [0, 0.05) is 23.4 Å². The Hall–Kier alpha value is -0.870. The Bertz CT molecular complexity index is 418. The van der Waals surface area contributed by atoms with Gasteiger partial charge in [0.1, 0.15) is 0 Å². The number of hydrogen-bond acceptors (Lipinski definition) is 3. The van der Waals surface area contributed by atoms with Crippen LogP contribution in [0.25, 0.3) is 0 Å². The molecule has 0 bridgehead atoms. The van der Waals surface area contributed by atoms with Gasteiger partial charge in [0.2, 0.25) is 5.91 Å². The second-order valence-corrected chi connectivity index (χ2v) is 7.54. The summed E-state index contributed by atoms with van der Waals surface area (Å²) in [7, 11) is 0. The van der Waals surface area contributed by atoms with Crippen molar-refractivity contribution in [1.82, 2.24) is 4.90 Å². The van der Waals surface area contributed by atoms with Crippen LogP contribution in [0.2, 0.25) is 0 Å². The lowest BCUT2D eigenvalue weighted by atomic mass is 9.85. The molecule has 1 heterocycles. The highest BCUT2D eigenvalue weighted by atomic mass is 32.1. The summed E-state index contributed by atoms with van der Waals surface area (Å²) in [4.78, 5) is 15.7. The van der Waals surface area contributed by atoms with Crippen LogP contribution in [-0.2, 0) is 11.3 Å². The zero-order valence-corrected chi connectivity index (χ0v) is 12.9. The Balaban J connectivity index is 1.97. The minimum Gasteiger partial charge on any atom is -0.335 e. The first kappa shape index (κ1) is 14.5. The molecule has 1 aliphatic carbocycles. The van der Waals surface area contributed by atoms with Crippen molar-refractivity contribution >= 4 is 17.2 Å². The Morgan fingerprint density at radius 1 is 1.53 bits per heavy atom. The average Bonchev–Trinajstić information content (AvgIpc) is 3.02. The highest BCUT2D eigenvalue weighted by Crippen LogP contribution is 2.31. The molecule has 19 heavy (non-hydrogen) atoms. The SMILES string of the molecule is CC(C)(C)C(N)CC(=O)N(Cc1cccs1)C1CC1. The van der Waals surface area contributed by atoms with Crippen molar-refractivity contribution in [2.24, 2.45) is 11.1 Å². The lowest BCUT2D eigenvalue weighted by molar-refractivity contribution is -0.133. The number of hydrogen-bond donors (Lipinski definition) is 1. The van der Waals surface area contributed by atoms with Crippen LogP contribution in [0.1, 0.15) is 44.9 Å². The van der Waals surface area contributed by atoms with E-state index in [9.17, 15) is 4.79 Å². The predicted octanol–water partition coefficient (Wildman–Crippen LogP) is 3.00. The fraction of sp³-hybridized carbons (Fsp3) is 0.667. The third-order valence-corrected chi connectivity index (χ3v) is 4.58. The molecule has 3 nitrogen and oxygen atoms in total. The molecular weight excluding hydrogens is 256 g/mol. The van der Waals surface area contributed by atoms with Gasteiger partial charge in [-0.1, -0.05) is 26.8 Å². The second-order valence-electron chi connectivity index (χ2n) is 6.51. The van der Waals surface area contributed by atoms with Gasteiger partial charge in [-0.15, -0.1) is 11.3 Å². The largest absolute Gasteiger partial charge is 0.335 e. The van der Waals surface area contributed by atoms with E-state index in [-0.39, 0.29) is 17.4 Å². The van der Waals surface area contributed by atoms with Crippen molar-refractivity contribution in [3.05, 3.63) is 22.4 Å². The molecule has 0 spiro atoms. The number of nitrogens with zero attached hydrogens (tertiary/aromatic N) is 1.